The van der Waals surface area contributed by atoms with Gasteiger partial charge in [0.15, 0.2) is 11.6 Å². The number of aliphatic hydroxyl groups is 1. The highest BCUT2D eigenvalue weighted by molar-refractivity contribution is 5.27. The minimum Gasteiger partial charge on any atom is -0.437 e. The normalized spacial score (nSPS) is 10.3. The molecule has 88 valence electrons. The summed E-state index contributed by atoms with van der Waals surface area (Å²) in [6, 6.07) is 3.13. The molecule has 0 saturated heterocycles. The highest BCUT2D eigenvalue weighted by Crippen LogP contribution is 2.21. The summed E-state index contributed by atoms with van der Waals surface area (Å²) in [5, 5.41) is 8.84. The van der Waals surface area contributed by atoms with Crippen LogP contribution in [0.25, 0.3) is 0 Å². The zero-order valence-corrected chi connectivity index (χ0v) is 8.60. The van der Waals surface area contributed by atoms with E-state index < -0.39 is 11.6 Å². The topological polar surface area (TPSA) is 55.2 Å². The lowest BCUT2D eigenvalue weighted by Crippen LogP contribution is -1.95. The number of hydrogen-bond donors (Lipinski definition) is 1. The lowest BCUT2D eigenvalue weighted by atomic mass is 10.3. The van der Waals surface area contributed by atoms with Crippen LogP contribution in [-0.4, -0.2) is 15.1 Å². The van der Waals surface area contributed by atoms with Crippen molar-refractivity contribution < 1.29 is 18.6 Å². The minimum absolute atomic E-state index is 0.0996. The Morgan fingerprint density at radius 2 is 2.00 bits per heavy atom. The van der Waals surface area contributed by atoms with Crippen LogP contribution < -0.4 is 4.74 Å². The van der Waals surface area contributed by atoms with Gasteiger partial charge in [0.25, 0.3) is 0 Å². The van der Waals surface area contributed by atoms with E-state index in [4.69, 9.17) is 9.84 Å². The van der Waals surface area contributed by atoms with E-state index in [2.05, 4.69) is 9.97 Å². The number of benzene rings is 1. The van der Waals surface area contributed by atoms with E-state index in [0.29, 0.717) is 5.69 Å². The summed E-state index contributed by atoms with van der Waals surface area (Å²) in [7, 11) is 0. The Morgan fingerprint density at radius 3 is 2.71 bits per heavy atom. The second-order valence-corrected chi connectivity index (χ2v) is 3.18. The predicted octanol–water partition coefficient (Wildman–Crippen LogP) is 2.04. The molecule has 0 unspecified atom stereocenters. The van der Waals surface area contributed by atoms with E-state index in [1.54, 1.807) is 0 Å². The van der Waals surface area contributed by atoms with Gasteiger partial charge in [-0.3, -0.25) is 4.98 Å². The number of aliphatic hydroxyl groups excluding tert-OH is 1. The van der Waals surface area contributed by atoms with Gasteiger partial charge in [0.1, 0.15) is 5.75 Å². The third kappa shape index (κ3) is 2.73. The number of aromatic nitrogens is 2. The van der Waals surface area contributed by atoms with Gasteiger partial charge in [-0.2, -0.15) is 0 Å². The van der Waals surface area contributed by atoms with Crippen LogP contribution in [0.2, 0.25) is 0 Å². The van der Waals surface area contributed by atoms with Crippen LogP contribution in [0.15, 0.2) is 30.6 Å². The Balaban J connectivity index is 2.22. The molecule has 0 radical (unpaired) electrons. The molecule has 0 saturated carbocycles. The summed E-state index contributed by atoms with van der Waals surface area (Å²) in [6.07, 6.45) is 2.68. The Labute approximate surface area is 95.5 Å². The van der Waals surface area contributed by atoms with Crippen molar-refractivity contribution in [2.24, 2.45) is 0 Å². The molecular weight excluding hydrogens is 230 g/mol. The van der Waals surface area contributed by atoms with Gasteiger partial charge in [0.2, 0.25) is 5.88 Å². The average molecular weight is 238 g/mol. The zero-order chi connectivity index (χ0) is 12.3. The third-order valence-electron chi connectivity index (χ3n) is 1.94. The third-order valence-corrected chi connectivity index (χ3v) is 1.94. The summed E-state index contributed by atoms with van der Waals surface area (Å²) in [5.74, 6) is -1.75. The van der Waals surface area contributed by atoms with Gasteiger partial charge in [-0.25, -0.2) is 13.8 Å². The second-order valence-electron chi connectivity index (χ2n) is 3.18. The number of ether oxygens (including phenoxy) is 1. The quantitative estimate of drug-likeness (QED) is 0.889. The van der Waals surface area contributed by atoms with Gasteiger partial charge in [-0.15, -0.1) is 0 Å². The maximum atomic E-state index is 12.9. The molecule has 4 nitrogen and oxygen atoms in total. The smallest absolute Gasteiger partial charge is 0.238 e. The van der Waals surface area contributed by atoms with Crippen molar-refractivity contribution >= 4 is 0 Å². The minimum atomic E-state index is -1.01. The number of halogens is 2. The summed E-state index contributed by atoms with van der Waals surface area (Å²) in [4.78, 5) is 7.66. The first kappa shape index (κ1) is 11.4. The summed E-state index contributed by atoms with van der Waals surface area (Å²) >= 11 is 0. The number of rotatable bonds is 3. The van der Waals surface area contributed by atoms with Gasteiger partial charge >= 0.3 is 0 Å². The molecule has 2 rings (SSSR count). The summed E-state index contributed by atoms with van der Waals surface area (Å²) in [5.41, 5.74) is 0.324. The molecule has 6 heteroatoms. The fourth-order valence-corrected chi connectivity index (χ4v) is 1.17. The predicted molar refractivity (Wildman–Crippen MR) is 54.4 cm³/mol. The lowest BCUT2D eigenvalue weighted by molar-refractivity contribution is 0.274. The highest BCUT2D eigenvalue weighted by Gasteiger charge is 2.05. The van der Waals surface area contributed by atoms with E-state index in [-0.39, 0.29) is 18.2 Å². The molecule has 1 N–H and O–H groups in total. The largest absolute Gasteiger partial charge is 0.437 e. The molecule has 0 bridgehead atoms. The molecule has 2 aromatic rings. The Kier molecular flexibility index (Phi) is 3.24. The van der Waals surface area contributed by atoms with Crippen molar-refractivity contribution in [3.05, 3.63) is 47.9 Å². The average Bonchev–Trinajstić information content (AvgIpc) is 2.34. The van der Waals surface area contributed by atoms with Gasteiger partial charge < -0.3 is 9.84 Å². The SMILES string of the molecule is OCc1cncc(Oc2ccc(F)c(F)c2)n1. The molecule has 0 aliphatic heterocycles. The first-order valence-electron chi connectivity index (χ1n) is 4.73. The number of nitrogens with zero attached hydrogens (tertiary/aromatic N) is 2. The Hall–Kier alpha value is -2.08. The molecule has 1 aromatic carbocycles. The molecule has 0 atom stereocenters. The maximum Gasteiger partial charge on any atom is 0.238 e. The second kappa shape index (κ2) is 4.84. The van der Waals surface area contributed by atoms with Crippen molar-refractivity contribution in [3.8, 4) is 11.6 Å². The summed E-state index contributed by atoms with van der Waals surface area (Å²) < 4.78 is 30.7. The zero-order valence-electron chi connectivity index (χ0n) is 8.60. The van der Waals surface area contributed by atoms with Gasteiger partial charge in [0.05, 0.1) is 24.7 Å². The van der Waals surface area contributed by atoms with Gasteiger partial charge in [-0.1, -0.05) is 0 Å². The lowest BCUT2D eigenvalue weighted by Gasteiger charge is -2.05. The van der Waals surface area contributed by atoms with Crippen LogP contribution >= 0.6 is 0 Å². The fraction of sp³-hybridized carbons (Fsp3) is 0.0909. The molecule has 0 spiro atoms. The van der Waals surface area contributed by atoms with Crippen molar-refractivity contribution in [2.45, 2.75) is 6.61 Å². The molecule has 0 aliphatic rings. The first-order valence-corrected chi connectivity index (χ1v) is 4.73. The molecule has 0 amide bonds. The standard InChI is InChI=1S/C11H8F2N2O2/c12-9-2-1-8(3-10(9)13)17-11-5-14-4-7(6-16)15-11/h1-5,16H,6H2. The Morgan fingerprint density at radius 1 is 1.18 bits per heavy atom. The van der Waals surface area contributed by atoms with Crippen LogP contribution in [0.5, 0.6) is 11.6 Å². The Bertz CT molecular complexity index is 535. The monoisotopic (exact) mass is 238 g/mol. The van der Waals surface area contributed by atoms with Gasteiger partial charge in [0, 0.05) is 6.07 Å². The molecule has 17 heavy (non-hydrogen) atoms. The molecule has 0 fully saturated rings. The van der Waals surface area contributed by atoms with E-state index in [0.717, 1.165) is 12.1 Å². The van der Waals surface area contributed by atoms with Crippen LogP contribution in [0, 0.1) is 11.6 Å². The molecule has 1 aromatic heterocycles. The van der Waals surface area contributed by atoms with E-state index in [1.807, 2.05) is 0 Å². The van der Waals surface area contributed by atoms with Crippen molar-refractivity contribution in [1.29, 1.82) is 0 Å². The summed E-state index contributed by atoms with van der Waals surface area (Å²) in [6.45, 7) is -0.276. The molecular formula is C11H8F2N2O2. The first-order chi connectivity index (χ1) is 8.19. The van der Waals surface area contributed by atoms with E-state index in [1.165, 1.54) is 18.5 Å². The van der Waals surface area contributed by atoms with Crippen molar-refractivity contribution in [2.75, 3.05) is 0 Å². The fourth-order valence-electron chi connectivity index (χ4n) is 1.17. The van der Waals surface area contributed by atoms with E-state index >= 15 is 0 Å². The van der Waals surface area contributed by atoms with Crippen molar-refractivity contribution in [3.63, 3.8) is 0 Å². The van der Waals surface area contributed by atoms with Crippen LogP contribution in [0.1, 0.15) is 5.69 Å². The van der Waals surface area contributed by atoms with E-state index in [9.17, 15) is 8.78 Å². The van der Waals surface area contributed by atoms with Crippen LogP contribution in [0.3, 0.4) is 0 Å². The maximum absolute atomic E-state index is 12.9. The molecule has 1 heterocycles. The number of hydrogen-bond acceptors (Lipinski definition) is 4. The molecule has 0 aliphatic carbocycles. The highest BCUT2D eigenvalue weighted by atomic mass is 19.2. The van der Waals surface area contributed by atoms with Crippen molar-refractivity contribution in [1.82, 2.24) is 9.97 Å². The van der Waals surface area contributed by atoms with Crippen LogP contribution in [-0.2, 0) is 6.61 Å². The van der Waals surface area contributed by atoms with Gasteiger partial charge in [-0.05, 0) is 12.1 Å². The van der Waals surface area contributed by atoms with Crippen LogP contribution in [0.4, 0.5) is 8.78 Å².